The van der Waals surface area contributed by atoms with Crippen LogP contribution in [0.2, 0.25) is 0 Å². The van der Waals surface area contributed by atoms with Gasteiger partial charge in [-0.2, -0.15) is 0 Å². The second-order valence-corrected chi connectivity index (χ2v) is 17.3. The minimum atomic E-state index is -0.717. The fourth-order valence-corrected chi connectivity index (χ4v) is 8.63. The zero-order valence-electron chi connectivity index (χ0n) is 35.2. The van der Waals surface area contributed by atoms with Crippen molar-refractivity contribution >= 4 is 109 Å². The number of alkyl halides is 2. The van der Waals surface area contributed by atoms with Gasteiger partial charge in [-0.25, -0.2) is 4.79 Å². The highest BCUT2D eigenvalue weighted by Gasteiger charge is 2.37. The molecule has 5 aromatic rings. The molecule has 63 heavy (non-hydrogen) atoms. The predicted octanol–water partition coefficient (Wildman–Crippen LogP) is 7.24. The van der Waals surface area contributed by atoms with Gasteiger partial charge in [0, 0.05) is 103 Å². The first-order valence-corrected chi connectivity index (χ1v) is 21.3. The minimum absolute atomic E-state index is 0.0202. The SMILES string of the molecule is CC(=O)Nc1ccc2c3c(cc(O)c2c1)C(CCl)CN3C(=O)CNC(=O)c1cc(NC(=O)CCC(=O)Nc2ccc3c4c(cc(O)c3c2)N(C(=O)OC(C)(C)C)CC4CCl)cn1C. The Balaban J connectivity index is 0.946. The molecule has 0 aliphatic carbocycles. The Hall–Kier alpha value is -6.52. The van der Waals surface area contributed by atoms with Gasteiger partial charge in [0.15, 0.2) is 0 Å². The maximum atomic E-state index is 13.6. The molecule has 16 nitrogen and oxygen atoms in total. The van der Waals surface area contributed by atoms with Crippen LogP contribution in [0.1, 0.15) is 74.0 Å². The van der Waals surface area contributed by atoms with E-state index in [0.717, 1.165) is 5.56 Å². The molecule has 0 radical (unpaired) electrons. The summed E-state index contributed by atoms with van der Waals surface area (Å²) in [5.74, 6) is -2.36. The third-order valence-corrected chi connectivity index (χ3v) is 11.6. The van der Waals surface area contributed by atoms with Gasteiger partial charge in [-0.1, -0.05) is 12.1 Å². The van der Waals surface area contributed by atoms with Gasteiger partial charge in [-0.3, -0.25) is 28.9 Å². The smallest absolute Gasteiger partial charge is 0.414 e. The quantitative estimate of drug-likeness (QED) is 0.0737. The molecule has 18 heteroatoms. The van der Waals surface area contributed by atoms with E-state index >= 15 is 0 Å². The number of phenolic OH excluding ortho intramolecular Hbond substituents is 2. The average molecular weight is 901 g/mol. The number of carbonyl (C=O) groups excluding carboxylic acids is 6. The van der Waals surface area contributed by atoms with Crippen molar-refractivity contribution in [1.29, 1.82) is 0 Å². The van der Waals surface area contributed by atoms with Crippen LogP contribution in [-0.4, -0.2) is 87.4 Å². The second-order valence-electron chi connectivity index (χ2n) is 16.7. The summed E-state index contributed by atoms with van der Waals surface area (Å²) in [4.78, 5) is 80.5. The lowest BCUT2D eigenvalue weighted by atomic mass is 9.95. The molecule has 6 N–H and O–H groups in total. The van der Waals surface area contributed by atoms with Gasteiger partial charge in [-0.05, 0) is 73.7 Å². The van der Waals surface area contributed by atoms with Gasteiger partial charge in [0.1, 0.15) is 22.8 Å². The third kappa shape index (κ3) is 9.32. The lowest BCUT2D eigenvalue weighted by Crippen LogP contribution is -2.40. The molecule has 2 atom stereocenters. The molecule has 1 aromatic heterocycles. The topological polar surface area (TPSA) is 212 Å². The fraction of sp³-hybridized carbons (Fsp3) is 0.333. The molecule has 7 rings (SSSR count). The maximum absolute atomic E-state index is 13.6. The standard InChI is InChI=1S/C45H47Cl2N7O9/c1-23(55)49-26-7-9-30-33(12-26)36(56)15-31-24(17-46)20-54(42(30)31)40(60)19-48-43(61)35-14-28(22-52(35)5)51-39(59)11-10-38(58)50-27-6-8-29-32(13-27)37(57)16-34-41(29)25(18-47)21-53(34)44(62)63-45(2,3)4/h6-9,12-16,22,24-25,56-57H,10-11,17-21H2,1-5H3,(H,48,61)(H,49,55)(H,50,58)(H,51,59). The first kappa shape index (κ1) is 44.5. The van der Waals surface area contributed by atoms with Crippen molar-refractivity contribution in [3.8, 4) is 11.5 Å². The number of nitrogens with zero attached hydrogens (tertiary/aromatic N) is 3. The van der Waals surface area contributed by atoms with Crippen LogP contribution in [0.25, 0.3) is 21.5 Å². The van der Waals surface area contributed by atoms with E-state index < -0.39 is 35.3 Å². The van der Waals surface area contributed by atoms with E-state index in [-0.39, 0.29) is 79.2 Å². The summed E-state index contributed by atoms with van der Waals surface area (Å²) in [5, 5.41) is 34.8. The fourth-order valence-electron chi connectivity index (χ4n) is 8.12. The molecule has 0 spiro atoms. The number of ether oxygens (including phenoxy) is 1. The van der Waals surface area contributed by atoms with Crippen molar-refractivity contribution in [2.24, 2.45) is 7.05 Å². The Bertz CT molecular complexity index is 2710. The van der Waals surface area contributed by atoms with Gasteiger partial charge in [0.05, 0.1) is 23.6 Å². The molecule has 330 valence electrons. The molecule has 0 bridgehead atoms. The number of anilines is 5. The Labute approximate surface area is 372 Å². The van der Waals surface area contributed by atoms with E-state index in [1.54, 1.807) is 70.3 Å². The molecule has 0 fully saturated rings. The molecule has 0 saturated heterocycles. The van der Waals surface area contributed by atoms with Crippen LogP contribution >= 0.6 is 23.2 Å². The number of amides is 6. The van der Waals surface area contributed by atoms with Crippen LogP contribution in [0.15, 0.2) is 60.8 Å². The lowest BCUT2D eigenvalue weighted by Gasteiger charge is -2.25. The second kappa shape index (κ2) is 17.7. The number of benzene rings is 4. The number of aryl methyl sites for hydroxylation is 1. The number of hydrogen-bond donors (Lipinski definition) is 6. The van der Waals surface area contributed by atoms with Crippen molar-refractivity contribution in [2.45, 2.75) is 58.0 Å². The van der Waals surface area contributed by atoms with E-state index in [4.69, 9.17) is 27.9 Å². The molecular formula is C45H47Cl2N7O9. The van der Waals surface area contributed by atoms with Crippen LogP contribution in [0.5, 0.6) is 11.5 Å². The summed E-state index contributed by atoms with van der Waals surface area (Å²) < 4.78 is 7.08. The summed E-state index contributed by atoms with van der Waals surface area (Å²) in [6.45, 7) is 6.85. The first-order valence-electron chi connectivity index (χ1n) is 20.2. The predicted molar refractivity (Wildman–Crippen MR) is 243 cm³/mol. The van der Waals surface area contributed by atoms with Crippen molar-refractivity contribution in [3.05, 3.63) is 77.6 Å². The highest BCUT2D eigenvalue weighted by molar-refractivity contribution is 6.20. The lowest BCUT2D eigenvalue weighted by molar-refractivity contribution is -0.121. The molecule has 4 aromatic carbocycles. The molecule has 0 saturated carbocycles. The summed E-state index contributed by atoms with van der Waals surface area (Å²) in [6, 6.07) is 14.6. The van der Waals surface area contributed by atoms with Crippen molar-refractivity contribution in [2.75, 3.05) is 57.1 Å². The largest absolute Gasteiger partial charge is 0.507 e. The van der Waals surface area contributed by atoms with Crippen LogP contribution in [0.3, 0.4) is 0 Å². The first-order chi connectivity index (χ1) is 29.8. The van der Waals surface area contributed by atoms with Crippen molar-refractivity contribution in [1.82, 2.24) is 9.88 Å². The number of hydrogen-bond acceptors (Lipinski definition) is 9. The molecule has 2 aliphatic rings. The summed E-state index contributed by atoms with van der Waals surface area (Å²) >= 11 is 12.6. The zero-order valence-corrected chi connectivity index (χ0v) is 36.7. The van der Waals surface area contributed by atoms with Crippen LogP contribution in [0, 0.1) is 0 Å². The van der Waals surface area contributed by atoms with E-state index in [1.165, 1.54) is 39.6 Å². The van der Waals surface area contributed by atoms with Crippen LogP contribution in [0.4, 0.5) is 33.2 Å². The average Bonchev–Trinajstić information content (AvgIpc) is 3.91. The molecular weight excluding hydrogens is 853 g/mol. The van der Waals surface area contributed by atoms with Crippen molar-refractivity contribution < 1.29 is 43.7 Å². The number of halogens is 2. The molecule has 6 amide bonds. The van der Waals surface area contributed by atoms with Gasteiger partial charge >= 0.3 is 6.09 Å². The van der Waals surface area contributed by atoms with E-state index in [0.29, 0.717) is 55.5 Å². The number of aromatic nitrogens is 1. The zero-order chi connectivity index (χ0) is 45.5. The number of aromatic hydroxyl groups is 2. The number of fused-ring (bicyclic) bond motifs is 6. The minimum Gasteiger partial charge on any atom is -0.507 e. The summed E-state index contributed by atoms with van der Waals surface area (Å²) in [6.07, 6.45) is 0.640. The van der Waals surface area contributed by atoms with E-state index in [2.05, 4.69) is 21.3 Å². The Morgan fingerprint density at radius 3 is 1.97 bits per heavy atom. The highest BCUT2D eigenvalue weighted by Crippen LogP contribution is 2.47. The number of phenols is 2. The van der Waals surface area contributed by atoms with Crippen molar-refractivity contribution in [3.63, 3.8) is 0 Å². The monoisotopic (exact) mass is 899 g/mol. The number of rotatable bonds is 11. The Morgan fingerprint density at radius 1 is 0.746 bits per heavy atom. The number of carbonyl (C=O) groups is 6. The summed E-state index contributed by atoms with van der Waals surface area (Å²) in [7, 11) is 1.61. The van der Waals surface area contributed by atoms with E-state index in [9.17, 15) is 39.0 Å². The third-order valence-electron chi connectivity index (χ3n) is 10.9. The van der Waals surface area contributed by atoms with Crippen LogP contribution in [-0.2, 0) is 31.0 Å². The normalized spacial score (nSPS) is 15.5. The van der Waals surface area contributed by atoms with Gasteiger partial charge in [0.2, 0.25) is 23.6 Å². The maximum Gasteiger partial charge on any atom is 0.414 e. The number of nitrogens with one attached hydrogen (secondary N) is 4. The van der Waals surface area contributed by atoms with E-state index in [1.807, 2.05) is 0 Å². The molecule has 2 aliphatic heterocycles. The Kier molecular flexibility index (Phi) is 12.5. The molecule has 2 unspecified atom stereocenters. The van der Waals surface area contributed by atoms with Gasteiger partial charge < -0.3 is 45.7 Å². The van der Waals surface area contributed by atoms with Gasteiger partial charge in [-0.15, -0.1) is 23.2 Å². The Morgan fingerprint density at radius 2 is 1.33 bits per heavy atom. The van der Waals surface area contributed by atoms with Crippen LogP contribution < -0.4 is 31.1 Å². The summed E-state index contributed by atoms with van der Waals surface area (Å²) in [5.41, 5.74) is 3.18. The molecule has 3 heterocycles. The highest BCUT2D eigenvalue weighted by atomic mass is 35.5. The van der Waals surface area contributed by atoms with Gasteiger partial charge in [0.25, 0.3) is 5.91 Å².